The van der Waals surface area contributed by atoms with Crippen molar-refractivity contribution in [2.75, 3.05) is 10.6 Å². The van der Waals surface area contributed by atoms with E-state index < -0.39 is 11.8 Å². The predicted molar refractivity (Wildman–Crippen MR) is 96.9 cm³/mol. The highest BCUT2D eigenvalue weighted by molar-refractivity contribution is 6.13. The van der Waals surface area contributed by atoms with Crippen LogP contribution in [0.5, 0.6) is 0 Å². The van der Waals surface area contributed by atoms with Gasteiger partial charge in [0.25, 0.3) is 11.8 Å². The largest absolute Gasteiger partial charge is 0.340 e. The van der Waals surface area contributed by atoms with Gasteiger partial charge in [-0.25, -0.2) is 4.98 Å². The molecule has 0 fully saturated rings. The van der Waals surface area contributed by atoms with Crippen LogP contribution < -0.4 is 10.6 Å². The second kappa shape index (κ2) is 7.00. The summed E-state index contributed by atoms with van der Waals surface area (Å²) >= 11 is 0. The van der Waals surface area contributed by atoms with E-state index in [0.29, 0.717) is 11.4 Å². The first-order chi connectivity index (χ1) is 12.0. The predicted octanol–water partition coefficient (Wildman–Crippen LogP) is 3.53. The minimum Gasteiger partial charge on any atom is -0.340 e. The Bertz CT molecular complexity index is 913. The zero-order valence-electron chi connectivity index (χ0n) is 14.0. The Balaban J connectivity index is 1.76. The van der Waals surface area contributed by atoms with Gasteiger partial charge in [-0.2, -0.15) is 0 Å². The molecular weight excluding hydrogens is 316 g/mol. The molecule has 0 atom stereocenters. The zero-order valence-corrected chi connectivity index (χ0v) is 14.0. The van der Waals surface area contributed by atoms with E-state index in [0.717, 1.165) is 11.1 Å². The third kappa shape index (κ3) is 3.92. The van der Waals surface area contributed by atoms with Gasteiger partial charge in [0.1, 0.15) is 5.69 Å². The molecule has 0 aliphatic heterocycles. The molecule has 2 amide bonds. The van der Waals surface area contributed by atoms with Crippen molar-refractivity contribution in [3.05, 3.63) is 77.4 Å². The molecule has 0 radical (unpaired) electrons. The SMILES string of the molecule is Cc1ccc(NC(=O)c2[nH]cnc2C(=O)Nc2cccc(C)c2)cc1. The summed E-state index contributed by atoms with van der Waals surface area (Å²) in [6.07, 6.45) is 1.33. The molecule has 6 heteroatoms. The maximum absolute atomic E-state index is 12.4. The molecule has 0 saturated heterocycles. The zero-order chi connectivity index (χ0) is 17.8. The van der Waals surface area contributed by atoms with Crippen LogP contribution in [0, 0.1) is 13.8 Å². The summed E-state index contributed by atoms with van der Waals surface area (Å²) in [4.78, 5) is 31.6. The number of nitrogens with one attached hydrogen (secondary N) is 3. The van der Waals surface area contributed by atoms with Crippen LogP contribution in [0.15, 0.2) is 54.9 Å². The molecule has 0 spiro atoms. The first-order valence-electron chi connectivity index (χ1n) is 7.82. The second-order valence-electron chi connectivity index (χ2n) is 5.77. The molecule has 0 unspecified atom stereocenters. The Morgan fingerprint density at radius 1 is 0.880 bits per heavy atom. The fourth-order valence-electron chi connectivity index (χ4n) is 2.38. The molecule has 0 aliphatic carbocycles. The highest BCUT2D eigenvalue weighted by atomic mass is 16.2. The van der Waals surface area contributed by atoms with Crippen molar-refractivity contribution in [3.63, 3.8) is 0 Å². The summed E-state index contributed by atoms with van der Waals surface area (Å²) < 4.78 is 0. The van der Waals surface area contributed by atoms with Crippen LogP contribution in [-0.2, 0) is 0 Å². The van der Waals surface area contributed by atoms with Crippen LogP contribution in [0.3, 0.4) is 0 Å². The number of hydrogen-bond donors (Lipinski definition) is 3. The van der Waals surface area contributed by atoms with Crippen LogP contribution in [-0.4, -0.2) is 21.8 Å². The molecule has 3 rings (SSSR count). The summed E-state index contributed by atoms with van der Waals surface area (Å²) in [6.45, 7) is 3.90. The lowest BCUT2D eigenvalue weighted by molar-refractivity contribution is 0.0985. The summed E-state index contributed by atoms with van der Waals surface area (Å²) in [5.74, 6) is -0.864. The summed E-state index contributed by atoms with van der Waals surface area (Å²) in [7, 11) is 0. The molecule has 126 valence electrons. The molecule has 3 N–H and O–H groups in total. The number of aryl methyl sites for hydroxylation is 2. The van der Waals surface area contributed by atoms with Gasteiger partial charge in [-0.05, 0) is 43.7 Å². The van der Waals surface area contributed by atoms with E-state index in [1.54, 1.807) is 18.2 Å². The number of aromatic amines is 1. The smallest absolute Gasteiger partial charge is 0.276 e. The summed E-state index contributed by atoms with van der Waals surface area (Å²) in [6, 6.07) is 14.8. The van der Waals surface area contributed by atoms with Crippen LogP contribution in [0.2, 0.25) is 0 Å². The van der Waals surface area contributed by atoms with Gasteiger partial charge in [0.05, 0.1) is 6.33 Å². The van der Waals surface area contributed by atoms with E-state index in [1.165, 1.54) is 6.33 Å². The number of benzene rings is 2. The maximum atomic E-state index is 12.4. The quantitative estimate of drug-likeness (QED) is 0.682. The lowest BCUT2D eigenvalue weighted by atomic mass is 10.2. The summed E-state index contributed by atoms with van der Waals surface area (Å²) in [5.41, 5.74) is 3.58. The molecule has 0 aliphatic rings. The van der Waals surface area contributed by atoms with Gasteiger partial charge in [-0.15, -0.1) is 0 Å². The highest BCUT2D eigenvalue weighted by Gasteiger charge is 2.20. The molecule has 1 aromatic heterocycles. The monoisotopic (exact) mass is 334 g/mol. The van der Waals surface area contributed by atoms with Crippen molar-refractivity contribution in [2.45, 2.75) is 13.8 Å². The van der Waals surface area contributed by atoms with Gasteiger partial charge in [-0.1, -0.05) is 29.8 Å². The Morgan fingerprint density at radius 2 is 1.60 bits per heavy atom. The van der Waals surface area contributed by atoms with Gasteiger partial charge in [-0.3, -0.25) is 9.59 Å². The number of amides is 2. The molecule has 0 bridgehead atoms. The topological polar surface area (TPSA) is 86.9 Å². The Labute approximate surface area is 145 Å². The first kappa shape index (κ1) is 16.4. The number of aromatic nitrogens is 2. The molecular formula is C19H18N4O2. The summed E-state index contributed by atoms with van der Waals surface area (Å²) in [5, 5.41) is 5.50. The number of imidazole rings is 1. The first-order valence-corrected chi connectivity index (χ1v) is 7.82. The van der Waals surface area contributed by atoms with Gasteiger partial charge in [0.2, 0.25) is 0 Å². The third-order valence-electron chi connectivity index (χ3n) is 3.67. The average Bonchev–Trinajstić information content (AvgIpc) is 3.07. The van der Waals surface area contributed by atoms with Crippen molar-refractivity contribution in [1.29, 1.82) is 0 Å². The minimum atomic E-state index is -0.444. The van der Waals surface area contributed by atoms with Crippen molar-refractivity contribution in [2.24, 2.45) is 0 Å². The van der Waals surface area contributed by atoms with E-state index in [-0.39, 0.29) is 11.4 Å². The molecule has 2 aromatic carbocycles. The average molecular weight is 334 g/mol. The molecule has 6 nitrogen and oxygen atoms in total. The third-order valence-corrected chi connectivity index (χ3v) is 3.67. The standard InChI is InChI=1S/C19H18N4O2/c1-12-6-8-14(9-7-12)22-18(24)16-17(21-11-20-16)19(25)23-15-5-3-4-13(2)10-15/h3-11H,1-2H3,(H,20,21)(H,22,24)(H,23,25). The number of anilines is 2. The number of rotatable bonds is 4. The Kier molecular flexibility index (Phi) is 4.61. The number of H-pyrrole nitrogens is 1. The van der Waals surface area contributed by atoms with E-state index in [4.69, 9.17) is 0 Å². The van der Waals surface area contributed by atoms with Crippen molar-refractivity contribution in [1.82, 2.24) is 9.97 Å². The molecule has 0 saturated carbocycles. The van der Waals surface area contributed by atoms with Crippen molar-refractivity contribution >= 4 is 23.2 Å². The van der Waals surface area contributed by atoms with E-state index in [9.17, 15) is 9.59 Å². The normalized spacial score (nSPS) is 10.3. The Hall–Kier alpha value is -3.41. The second-order valence-corrected chi connectivity index (χ2v) is 5.77. The molecule has 1 heterocycles. The lowest BCUT2D eigenvalue weighted by Gasteiger charge is -2.07. The number of hydrogen-bond acceptors (Lipinski definition) is 3. The van der Waals surface area contributed by atoms with E-state index in [2.05, 4.69) is 20.6 Å². The minimum absolute atomic E-state index is 0.0473. The fourth-order valence-corrected chi connectivity index (χ4v) is 2.38. The molecule has 3 aromatic rings. The van der Waals surface area contributed by atoms with Gasteiger partial charge >= 0.3 is 0 Å². The maximum Gasteiger partial charge on any atom is 0.276 e. The van der Waals surface area contributed by atoms with Crippen LogP contribution in [0.1, 0.15) is 32.1 Å². The Morgan fingerprint density at radius 3 is 2.32 bits per heavy atom. The van der Waals surface area contributed by atoms with Crippen molar-refractivity contribution in [3.8, 4) is 0 Å². The van der Waals surface area contributed by atoms with Gasteiger partial charge in [0.15, 0.2) is 5.69 Å². The van der Waals surface area contributed by atoms with E-state index >= 15 is 0 Å². The van der Waals surface area contributed by atoms with Crippen LogP contribution in [0.4, 0.5) is 11.4 Å². The lowest BCUT2D eigenvalue weighted by Crippen LogP contribution is -2.20. The van der Waals surface area contributed by atoms with Crippen molar-refractivity contribution < 1.29 is 9.59 Å². The number of carbonyl (C=O) groups excluding carboxylic acids is 2. The van der Waals surface area contributed by atoms with Gasteiger partial charge in [0, 0.05) is 11.4 Å². The fraction of sp³-hybridized carbons (Fsp3) is 0.105. The number of nitrogens with zero attached hydrogens (tertiary/aromatic N) is 1. The van der Waals surface area contributed by atoms with Crippen LogP contribution >= 0.6 is 0 Å². The highest BCUT2D eigenvalue weighted by Crippen LogP contribution is 2.14. The number of carbonyl (C=O) groups is 2. The van der Waals surface area contributed by atoms with Gasteiger partial charge < -0.3 is 15.6 Å². The van der Waals surface area contributed by atoms with Crippen LogP contribution in [0.25, 0.3) is 0 Å². The van der Waals surface area contributed by atoms with E-state index in [1.807, 2.05) is 44.2 Å². The molecule has 25 heavy (non-hydrogen) atoms.